The molecule has 0 saturated carbocycles. The molecule has 2 aliphatic rings. The molecule has 0 spiro atoms. The number of aryl methyl sites for hydroxylation is 1. The first-order valence-corrected chi connectivity index (χ1v) is 10.7. The molecule has 0 aliphatic carbocycles. The number of carbonyl (C=O) groups is 1. The summed E-state index contributed by atoms with van der Waals surface area (Å²) < 4.78 is 11.6. The molecule has 2 aliphatic heterocycles. The molecular weight excluding hydrogens is 364 g/mol. The number of carbonyl (C=O) groups excluding carboxylic acids is 1. The van der Waals surface area contributed by atoms with E-state index in [2.05, 4.69) is 22.0 Å². The lowest BCUT2D eigenvalue weighted by molar-refractivity contribution is -0.143. The molecule has 0 radical (unpaired) electrons. The minimum Gasteiger partial charge on any atom is -0.493 e. The second-order valence-corrected chi connectivity index (χ2v) is 8.24. The molecule has 4 rings (SSSR count). The Bertz CT molecular complexity index is 810. The molecule has 29 heavy (non-hydrogen) atoms. The molecule has 2 saturated heterocycles. The van der Waals surface area contributed by atoms with E-state index in [4.69, 9.17) is 9.47 Å². The first-order chi connectivity index (χ1) is 14.2. The van der Waals surface area contributed by atoms with Crippen molar-refractivity contribution in [2.45, 2.75) is 38.0 Å². The van der Waals surface area contributed by atoms with Gasteiger partial charge in [-0.1, -0.05) is 30.3 Å². The Morgan fingerprint density at radius 1 is 1.17 bits per heavy atom. The van der Waals surface area contributed by atoms with E-state index >= 15 is 0 Å². The van der Waals surface area contributed by atoms with Gasteiger partial charge in [0.05, 0.1) is 12.0 Å². The Kier molecular flexibility index (Phi) is 6.14. The average molecular weight is 395 g/mol. The molecule has 5 nitrogen and oxygen atoms in total. The molecule has 1 aromatic carbocycles. The number of nitrogens with zero attached hydrogens (tertiary/aromatic N) is 2. The Balaban J connectivity index is 1.37. The lowest BCUT2D eigenvalue weighted by atomic mass is 9.72. The number of benzene rings is 1. The zero-order chi connectivity index (χ0) is 20.1. The lowest BCUT2D eigenvalue weighted by Gasteiger charge is -2.42. The van der Waals surface area contributed by atoms with E-state index in [-0.39, 0.29) is 5.91 Å². The van der Waals surface area contributed by atoms with E-state index in [0.717, 1.165) is 55.8 Å². The minimum absolute atomic E-state index is 0.274. The maximum absolute atomic E-state index is 13.6. The van der Waals surface area contributed by atoms with Crippen LogP contribution in [0.2, 0.25) is 0 Å². The van der Waals surface area contributed by atoms with E-state index < -0.39 is 5.41 Å². The van der Waals surface area contributed by atoms with Crippen LogP contribution in [-0.2, 0) is 14.9 Å². The maximum Gasteiger partial charge on any atom is 0.233 e. The van der Waals surface area contributed by atoms with Crippen molar-refractivity contribution in [1.29, 1.82) is 0 Å². The van der Waals surface area contributed by atoms with Gasteiger partial charge in [0.1, 0.15) is 5.75 Å². The second kappa shape index (κ2) is 8.95. The van der Waals surface area contributed by atoms with Gasteiger partial charge in [-0.15, -0.1) is 0 Å². The zero-order valence-electron chi connectivity index (χ0n) is 17.2. The summed E-state index contributed by atoms with van der Waals surface area (Å²) in [5.41, 5.74) is 1.66. The molecule has 1 amide bonds. The highest BCUT2D eigenvalue weighted by atomic mass is 16.5. The van der Waals surface area contributed by atoms with Gasteiger partial charge in [0.25, 0.3) is 0 Å². The summed E-state index contributed by atoms with van der Waals surface area (Å²) in [6.07, 6.45) is 5.28. The standard InChI is InChI=1S/C24H30N2O3/c1-19-17-22(7-12-25-19)29-18-20-8-13-26(14-9-20)23(27)24(10-15-28-16-11-24)21-5-3-2-4-6-21/h2-7,12,17,20H,8-11,13-16,18H2,1H3. The summed E-state index contributed by atoms with van der Waals surface area (Å²) in [6.45, 7) is 5.57. The van der Waals surface area contributed by atoms with Crippen molar-refractivity contribution in [3.05, 3.63) is 59.9 Å². The number of hydrogen-bond donors (Lipinski definition) is 0. The largest absolute Gasteiger partial charge is 0.493 e. The van der Waals surface area contributed by atoms with Crippen LogP contribution in [0, 0.1) is 12.8 Å². The van der Waals surface area contributed by atoms with Crippen molar-refractivity contribution in [2.24, 2.45) is 5.92 Å². The summed E-state index contributed by atoms with van der Waals surface area (Å²) in [6, 6.07) is 14.1. The SMILES string of the molecule is Cc1cc(OCC2CCN(C(=O)C3(c4ccccc4)CCOCC3)CC2)ccn1. The van der Waals surface area contributed by atoms with Gasteiger partial charge >= 0.3 is 0 Å². The fourth-order valence-electron chi connectivity index (χ4n) is 4.53. The first-order valence-electron chi connectivity index (χ1n) is 10.7. The van der Waals surface area contributed by atoms with E-state index in [1.54, 1.807) is 6.20 Å². The molecule has 5 heteroatoms. The third-order valence-electron chi connectivity index (χ3n) is 6.34. The summed E-state index contributed by atoms with van der Waals surface area (Å²) in [5, 5.41) is 0. The van der Waals surface area contributed by atoms with Gasteiger partial charge in [-0.05, 0) is 50.2 Å². The van der Waals surface area contributed by atoms with Crippen molar-refractivity contribution in [2.75, 3.05) is 32.9 Å². The average Bonchev–Trinajstić information content (AvgIpc) is 2.79. The van der Waals surface area contributed by atoms with Crippen LogP contribution >= 0.6 is 0 Å². The number of hydrogen-bond acceptors (Lipinski definition) is 4. The van der Waals surface area contributed by atoms with Gasteiger partial charge in [0, 0.05) is 44.3 Å². The van der Waals surface area contributed by atoms with E-state index in [9.17, 15) is 4.79 Å². The Labute approximate surface area is 173 Å². The number of amides is 1. The maximum atomic E-state index is 13.6. The fourth-order valence-corrected chi connectivity index (χ4v) is 4.53. The number of likely N-dealkylation sites (tertiary alicyclic amines) is 1. The smallest absolute Gasteiger partial charge is 0.233 e. The summed E-state index contributed by atoms with van der Waals surface area (Å²) in [7, 11) is 0. The molecule has 154 valence electrons. The molecule has 1 aromatic heterocycles. The molecule has 0 N–H and O–H groups in total. The van der Waals surface area contributed by atoms with Crippen LogP contribution < -0.4 is 4.74 Å². The molecule has 0 unspecified atom stereocenters. The summed E-state index contributed by atoms with van der Waals surface area (Å²) in [5.74, 6) is 1.63. The number of piperidine rings is 1. The quantitative estimate of drug-likeness (QED) is 0.775. The second-order valence-electron chi connectivity index (χ2n) is 8.24. The van der Waals surface area contributed by atoms with Crippen LogP contribution in [0.15, 0.2) is 48.7 Å². The third kappa shape index (κ3) is 4.45. The van der Waals surface area contributed by atoms with Gasteiger partial charge in [-0.25, -0.2) is 0 Å². The van der Waals surface area contributed by atoms with Crippen LogP contribution in [0.1, 0.15) is 36.9 Å². The Morgan fingerprint density at radius 2 is 1.90 bits per heavy atom. The predicted octanol–water partition coefficient (Wildman–Crippen LogP) is 3.76. The monoisotopic (exact) mass is 394 g/mol. The fraction of sp³-hybridized carbons (Fsp3) is 0.500. The topological polar surface area (TPSA) is 51.7 Å². The van der Waals surface area contributed by atoms with Crippen LogP contribution in [-0.4, -0.2) is 48.7 Å². The number of pyridine rings is 1. The van der Waals surface area contributed by atoms with Crippen LogP contribution in [0.5, 0.6) is 5.75 Å². The van der Waals surface area contributed by atoms with Crippen molar-refractivity contribution in [3.63, 3.8) is 0 Å². The van der Waals surface area contributed by atoms with Crippen molar-refractivity contribution in [3.8, 4) is 5.75 Å². The zero-order valence-corrected chi connectivity index (χ0v) is 17.2. The third-order valence-corrected chi connectivity index (χ3v) is 6.34. The Morgan fingerprint density at radius 3 is 2.59 bits per heavy atom. The highest BCUT2D eigenvalue weighted by Gasteiger charge is 2.44. The molecule has 0 atom stereocenters. The summed E-state index contributed by atoms with van der Waals surface area (Å²) >= 11 is 0. The molecular formula is C24H30N2O3. The van der Waals surface area contributed by atoms with Crippen molar-refractivity contribution >= 4 is 5.91 Å². The number of ether oxygens (including phenoxy) is 2. The van der Waals surface area contributed by atoms with Gasteiger partial charge < -0.3 is 14.4 Å². The lowest BCUT2D eigenvalue weighted by Crippen LogP contribution is -2.52. The van der Waals surface area contributed by atoms with Crippen LogP contribution in [0.4, 0.5) is 0 Å². The highest BCUT2D eigenvalue weighted by Crippen LogP contribution is 2.37. The molecule has 3 heterocycles. The number of aromatic nitrogens is 1. The van der Waals surface area contributed by atoms with Gasteiger partial charge in [0.15, 0.2) is 0 Å². The Hall–Kier alpha value is -2.40. The number of rotatable bonds is 5. The normalized spacial score (nSPS) is 19.7. The van der Waals surface area contributed by atoms with E-state index in [1.165, 1.54) is 0 Å². The minimum atomic E-state index is -0.433. The highest BCUT2D eigenvalue weighted by molar-refractivity contribution is 5.88. The van der Waals surface area contributed by atoms with E-state index in [0.29, 0.717) is 25.7 Å². The van der Waals surface area contributed by atoms with Crippen molar-refractivity contribution < 1.29 is 14.3 Å². The van der Waals surface area contributed by atoms with Gasteiger partial charge in [-0.2, -0.15) is 0 Å². The molecule has 2 fully saturated rings. The van der Waals surface area contributed by atoms with Crippen molar-refractivity contribution in [1.82, 2.24) is 9.88 Å². The van der Waals surface area contributed by atoms with Crippen LogP contribution in [0.3, 0.4) is 0 Å². The summed E-state index contributed by atoms with van der Waals surface area (Å²) in [4.78, 5) is 19.9. The van der Waals surface area contributed by atoms with Gasteiger partial charge in [-0.3, -0.25) is 9.78 Å². The molecule has 0 bridgehead atoms. The van der Waals surface area contributed by atoms with Gasteiger partial charge in [0.2, 0.25) is 5.91 Å². The first kappa shape index (κ1) is 19.9. The molecule has 2 aromatic rings. The van der Waals surface area contributed by atoms with E-state index in [1.807, 2.05) is 37.3 Å². The predicted molar refractivity (Wildman–Crippen MR) is 112 cm³/mol. The van der Waals surface area contributed by atoms with Crippen LogP contribution in [0.25, 0.3) is 0 Å².